The van der Waals surface area contributed by atoms with Gasteiger partial charge in [0.2, 0.25) is 0 Å². The number of rotatable bonds is 1. The van der Waals surface area contributed by atoms with Crippen LogP contribution in [0.4, 0.5) is 0 Å². The van der Waals surface area contributed by atoms with Crippen LogP contribution in [0.2, 0.25) is 5.15 Å². The molecule has 1 amide bonds. The fourth-order valence-electron chi connectivity index (χ4n) is 1.74. The van der Waals surface area contributed by atoms with Crippen molar-refractivity contribution in [2.75, 3.05) is 6.54 Å². The molecule has 1 atom stereocenters. The molecule has 16 heavy (non-hydrogen) atoms. The van der Waals surface area contributed by atoms with Gasteiger partial charge < -0.3 is 4.90 Å². The van der Waals surface area contributed by atoms with E-state index in [2.05, 4.69) is 16.0 Å². The van der Waals surface area contributed by atoms with Gasteiger partial charge in [0.25, 0.3) is 5.91 Å². The first-order valence-electron chi connectivity index (χ1n) is 4.90. The van der Waals surface area contributed by atoms with Crippen LogP contribution in [0.1, 0.15) is 23.3 Å². The molecular weight excluding hydrogens is 228 g/mol. The van der Waals surface area contributed by atoms with Crippen molar-refractivity contribution < 1.29 is 4.79 Å². The van der Waals surface area contributed by atoms with Crippen LogP contribution >= 0.6 is 11.6 Å². The Labute approximate surface area is 97.7 Å². The second-order valence-electron chi connectivity index (χ2n) is 3.51. The van der Waals surface area contributed by atoms with Crippen molar-refractivity contribution in [2.45, 2.75) is 18.9 Å². The minimum absolute atomic E-state index is 0.179. The van der Waals surface area contributed by atoms with Crippen molar-refractivity contribution in [1.29, 1.82) is 5.26 Å². The van der Waals surface area contributed by atoms with Gasteiger partial charge in [0.05, 0.1) is 18.5 Å². The van der Waals surface area contributed by atoms with Crippen LogP contribution in [-0.2, 0) is 0 Å². The lowest BCUT2D eigenvalue weighted by Gasteiger charge is -2.18. The summed E-state index contributed by atoms with van der Waals surface area (Å²) in [7, 11) is 0. The zero-order valence-corrected chi connectivity index (χ0v) is 9.18. The van der Waals surface area contributed by atoms with Gasteiger partial charge in [-0.3, -0.25) is 9.78 Å². The van der Waals surface area contributed by atoms with E-state index in [9.17, 15) is 4.79 Å². The minimum atomic E-state index is -0.353. The van der Waals surface area contributed by atoms with Crippen LogP contribution in [-0.4, -0.2) is 33.4 Å². The first-order chi connectivity index (χ1) is 7.72. The highest BCUT2D eigenvalue weighted by Gasteiger charge is 2.30. The average Bonchev–Trinajstić information content (AvgIpc) is 2.76. The van der Waals surface area contributed by atoms with Crippen molar-refractivity contribution in [3.63, 3.8) is 0 Å². The summed E-state index contributed by atoms with van der Waals surface area (Å²) in [5.41, 5.74) is 0.189. The van der Waals surface area contributed by atoms with Crippen LogP contribution in [0.3, 0.4) is 0 Å². The lowest BCUT2D eigenvalue weighted by atomic mass is 10.2. The molecule has 1 fully saturated rings. The number of amides is 1. The molecule has 1 aliphatic rings. The Balaban J connectivity index is 2.23. The number of aromatic nitrogens is 2. The lowest BCUT2D eigenvalue weighted by molar-refractivity contribution is 0.0758. The highest BCUT2D eigenvalue weighted by Crippen LogP contribution is 2.18. The van der Waals surface area contributed by atoms with E-state index in [-0.39, 0.29) is 22.8 Å². The summed E-state index contributed by atoms with van der Waals surface area (Å²) in [6.45, 7) is 0.589. The number of halogens is 1. The van der Waals surface area contributed by atoms with E-state index >= 15 is 0 Å². The lowest BCUT2D eigenvalue weighted by Crippen LogP contribution is -2.35. The van der Waals surface area contributed by atoms with Crippen molar-refractivity contribution >= 4 is 17.5 Å². The van der Waals surface area contributed by atoms with E-state index in [1.165, 1.54) is 17.3 Å². The summed E-state index contributed by atoms with van der Waals surface area (Å²) in [4.78, 5) is 21.2. The van der Waals surface area contributed by atoms with Gasteiger partial charge in [-0.15, -0.1) is 0 Å². The molecule has 1 aliphatic heterocycles. The summed E-state index contributed by atoms with van der Waals surface area (Å²) >= 11 is 5.66. The van der Waals surface area contributed by atoms with Crippen molar-refractivity contribution in [1.82, 2.24) is 14.9 Å². The van der Waals surface area contributed by atoms with Gasteiger partial charge in [0.1, 0.15) is 16.9 Å². The molecule has 0 saturated carbocycles. The molecule has 0 spiro atoms. The molecule has 1 saturated heterocycles. The topological polar surface area (TPSA) is 69.9 Å². The van der Waals surface area contributed by atoms with Crippen molar-refractivity contribution in [3.8, 4) is 6.07 Å². The molecule has 2 rings (SSSR count). The zero-order valence-electron chi connectivity index (χ0n) is 8.43. The minimum Gasteiger partial charge on any atom is -0.321 e. The molecule has 1 unspecified atom stereocenters. The predicted molar refractivity (Wildman–Crippen MR) is 56.7 cm³/mol. The highest BCUT2D eigenvalue weighted by atomic mass is 35.5. The number of carbonyl (C=O) groups excluding carboxylic acids is 1. The number of nitrogens with zero attached hydrogens (tertiary/aromatic N) is 4. The van der Waals surface area contributed by atoms with E-state index in [4.69, 9.17) is 16.9 Å². The molecule has 82 valence electrons. The Hall–Kier alpha value is -1.67. The number of hydrogen-bond donors (Lipinski definition) is 0. The maximum Gasteiger partial charge on any atom is 0.275 e. The first kappa shape index (κ1) is 10.8. The SMILES string of the molecule is N#CC1CCCN1C(=O)c1cncc(Cl)n1. The summed E-state index contributed by atoms with van der Waals surface area (Å²) < 4.78 is 0. The van der Waals surface area contributed by atoms with Gasteiger partial charge >= 0.3 is 0 Å². The zero-order chi connectivity index (χ0) is 11.5. The molecule has 1 aromatic heterocycles. The van der Waals surface area contributed by atoms with Crippen LogP contribution in [0, 0.1) is 11.3 Å². The fourth-order valence-corrected chi connectivity index (χ4v) is 1.88. The fraction of sp³-hybridized carbons (Fsp3) is 0.400. The van der Waals surface area contributed by atoms with Gasteiger partial charge in [-0.25, -0.2) is 4.98 Å². The first-order valence-corrected chi connectivity index (χ1v) is 5.28. The molecular formula is C10H9ClN4O. The van der Waals surface area contributed by atoms with Crippen molar-refractivity contribution in [3.05, 3.63) is 23.2 Å². The van der Waals surface area contributed by atoms with Gasteiger partial charge in [-0.2, -0.15) is 5.26 Å². The van der Waals surface area contributed by atoms with E-state index < -0.39 is 0 Å². The van der Waals surface area contributed by atoms with Crippen LogP contribution < -0.4 is 0 Å². The second kappa shape index (κ2) is 4.45. The van der Waals surface area contributed by atoms with Crippen molar-refractivity contribution in [2.24, 2.45) is 0 Å². The molecule has 0 aliphatic carbocycles. The average molecular weight is 237 g/mol. The summed E-state index contributed by atoms with van der Waals surface area (Å²) in [6, 6.07) is 1.75. The van der Waals surface area contributed by atoms with Gasteiger partial charge in [0.15, 0.2) is 0 Å². The number of nitriles is 1. The summed E-state index contributed by atoms with van der Waals surface area (Å²) in [5.74, 6) is -0.279. The normalized spacial score (nSPS) is 19.5. The van der Waals surface area contributed by atoms with Crippen LogP contribution in [0.5, 0.6) is 0 Å². The third-order valence-corrected chi connectivity index (χ3v) is 2.67. The Bertz CT molecular complexity index is 456. The quantitative estimate of drug-likeness (QED) is 0.736. The van der Waals surface area contributed by atoms with E-state index in [0.717, 1.165) is 12.8 Å². The standard InChI is InChI=1S/C10H9ClN4O/c11-9-6-13-5-8(14-9)10(16)15-3-1-2-7(15)4-12/h5-7H,1-3H2. The molecule has 0 N–H and O–H groups in total. The van der Waals surface area contributed by atoms with E-state index in [1.807, 2.05) is 0 Å². The predicted octanol–water partition coefficient (Wildman–Crippen LogP) is 1.26. The van der Waals surface area contributed by atoms with Gasteiger partial charge in [-0.1, -0.05) is 11.6 Å². The summed E-state index contributed by atoms with van der Waals surface area (Å²) in [6.07, 6.45) is 4.29. The molecule has 5 nitrogen and oxygen atoms in total. The maximum absolute atomic E-state index is 12.0. The van der Waals surface area contributed by atoms with Crippen LogP contribution in [0.25, 0.3) is 0 Å². The third-order valence-electron chi connectivity index (χ3n) is 2.49. The van der Waals surface area contributed by atoms with Gasteiger partial charge in [-0.05, 0) is 12.8 Å². The Morgan fingerprint density at radius 1 is 1.62 bits per heavy atom. The molecule has 0 bridgehead atoms. The van der Waals surface area contributed by atoms with Crippen LogP contribution in [0.15, 0.2) is 12.4 Å². The second-order valence-corrected chi connectivity index (χ2v) is 3.90. The number of carbonyl (C=O) groups is 1. The summed E-state index contributed by atoms with van der Waals surface area (Å²) in [5, 5.41) is 9.06. The Kier molecular flexibility index (Phi) is 3.02. The molecule has 0 aromatic carbocycles. The maximum atomic E-state index is 12.0. The van der Waals surface area contributed by atoms with E-state index in [0.29, 0.717) is 6.54 Å². The van der Waals surface area contributed by atoms with Gasteiger partial charge in [0, 0.05) is 6.54 Å². The number of hydrogen-bond acceptors (Lipinski definition) is 4. The third kappa shape index (κ3) is 1.97. The molecule has 6 heteroatoms. The smallest absolute Gasteiger partial charge is 0.275 e. The number of likely N-dealkylation sites (tertiary alicyclic amines) is 1. The van der Waals surface area contributed by atoms with E-state index in [1.54, 1.807) is 0 Å². The molecule has 1 aromatic rings. The highest BCUT2D eigenvalue weighted by molar-refractivity contribution is 6.29. The monoisotopic (exact) mass is 236 g/mol. The largest absolute Gasteiger partial charge is 0.321 e. The Morgan fingerprint density at radius 3 is 3.12 bits per heavy atom. The Morgan fingerprint density at radius 2 is 2.44 bits per heavy atom. The molecule has 2 heterocycles. The molecule has 0 radical (unpaired) electrons.